The Kier molecular flexibility index (Phi) is 7.65. The highest BCUT2D eigenvalue weighted by Crippen LogP contribution is 2.23. The molecule has 2 heterocycles. The number of hydrogen-bond donors (Lipinski definition) is 2. The smallest absolute Gasteiger partial charge is 0.233 e. The summed E-state index contributed by atoms with van der Waals surface area (Å²) in [7, 11) is 0. The van der Waals surface area contributed by atoms with Crippen LogP contribution in [0.1, 0.15) is 30.9 Å². The number of hydrogen-bond acceptors (Lipinski definition) is 7. The summed E-state index contributed by atoms with van der Waals surface area (Å²) in [6, 6.07) is 16.5. The van der Waals surface area contributed by atoms with Gasteiger partial charge < -0.3 is 20.3 Å². The van der Waals surface area contributed by atoms with Gasteiger partial charge in [0.2, 0.25) is 17.8 Å². The molecule has 1 aliphatic heterocycles. The van der Waals surface area contributed by atoms with Crippen LogP contribution in [0.3, 0.4) is 0 Å². The fourth-order valence-electron chi connectivity index (χ4n) is 3.31. The van der Waals surface area contributed by atoms with Crippen molar-refractivity contribution < 1.29 is 4.74 Å². The van der Waals surface area contributed by atoms with E-state index in [4.69, 9.17) is 4.74 Å². The van der Waals surface area contributed by atoms with Crippen LogP contribution < -0.4 is 15.5 Å². The Bertz CT molecular complexity index is 990. The van der Waals surface area contributed by atoms with Gasteiger partial charge in [0.25, 0.3) is 0 Å². The van der Waals surface area contributed by atoms with Crippen LogP contribution in [0.25, 0.3) is 0 Å². The summed E-state index contributed by atoms with van der Waals surface area (Å²) in [4.78, 5) is 16.1. The zero-order valence-corrected chi connectivity index (χ0v) is 18.9. The molecule has 4 rings (SSSR count). The summed E-state index contributed by atoms with van der Waals surface area (Å²) in [6.45, 7) is 9.30. The number of aromatic nitrogens is 3. The fraction of sp³-hybridized carbons (Fsp3) is 0.348. The van der Waals surface area contributed by atoms with Crippen LogP contribution in [0.2, 0.25) is 0 Å². The summed E-state index contributed by atoms with van der Waals surface area (Å²) >= 11 is 0. The van der Waals surface area contributed by atoms with Crippen molar-refractivity contribution in [2.75, 3.05) is 41.8 Å². The van der Waals surface area contributed by atoms with Crippen molar-refractivity contribution in [2.45, 2.75) is 26.7 Å². The number of anilines is 5. The average Bonchev–Trinajstić information content (AvgIpc) is 2.75. The molecule has 3 aromatic rings. The molecule has 31 heavy (non-hydrogen) atoms. The number of rotatable bonds is 6. The zero-order chi connectivity index (χ0) is 20.9. The lowest BCUT2D eigenvalue weighted by molar-refractivity contribution is 0.122. The number of nitrogens with one attached hydrogen (secondary N) is 2. The molecule has 1 aliphatic rings. The van der Waals surface area contributed by atoms with E-state index < -0.39 is 0 Å². The van der Waals surface area contributed by atoms with E-state index in [0.717, 1.165) is 24.5 Å². The highest BCUT2D eigenvalue weighted by Gasteiger charge is 2.17. The van der Waals surface area contributed by atoms with Gasteiger partial charge in [0, 0.05) is 24.5 Å². The predicted octanol–water partition coefficient (Wildman–Crippen LogP) is 5.05. The van der Waals surface area contributed by atoms with Gasteiger partial charge in [-0.25, -0.2) is 0 Å². The lowest BCUT2D eigenvalue weighted by Gasteiger charge is -2.27. The molecule has 1 aromatic heterocycles. The molecule has 0 saturated carbocycles. The minimum absolute atomic E-state index is 0. The van der Waals surface area contributed by atoms with Crippen LogP contribution in [0.4, 0.5) is 29.2 Å². The maximum Gasteiger partial charge on any atom is 0.233 e. The van der Waals surface area contributed by atoms with E-state index in [9.17, 15) is 0 Å². The SMILES string of the molecule is Cc1cccc(Nc2nc(Nc3ccc(C(C)C)cc3)nc(N3CCOCC3)n2)c1.Cl. The molecule has 8 heteroatoms. The molecule has 164 valence electrons. The van der Waals surface area contributed by atoms with E-state index in [0.29, 0.717) is 37.0 Å². The summed E-state index contributed by atoms with van der Waals surface area (Å²) in [5.41, 5.74) is 4.36. The maximum absolute atomic E-state index is 5.47. The molecule has 0 bridgehead atoms. The van der Waals surface area contributed by atoms with Crippen molar-refractivity contribution >= 4 is 41.6 Å². The van der Waals surface area contributed by atoms with Crippen molar-refractivity contribution in [3.8, 4) is 0 Å². The number of benzene rings is 2. The third-order valence-electron chi connectivity index (χ3n) is 5.03. The predicted molar refractivity (Wildman–Crippen MR) is 128 cm³/mol. The van der Waals surface area contributed by atoms with E-state index >= 15 is 0 Å². The highest BCUT2D eigenvalue weighted by atomic mass is 35.5. The lowest BCUT2D eigenvalue weighted by atomic mass is 10.0. The first-order valence-corrected chi connectivity index (χ1v) is 10.4. The van der Waals surface area contributed by atoms with Crippen LogP contribution in [0.5, 0.6) is 0 Å². The van der Waals surface area contributed by atoms with E-state index in [1.165, 1.54) is 11.1 Å². The first-order chi connectivity index (χ1) is 14.6. The number of aryl methyl sites for hydroxylation is 1. The van der Waals surface area contributed by atoms with Crippen molar-refractivity contribution in [2.24, 2.45) is 0 Å². The molecule has 1 saturated heterocycles. The Morgan fingerprint density at radius 3 is 2.13 bits per heavy atom. The topological polar surface area (TPSA) is 75.2 Å². The first kappa shape index (κ1) is 22.8. The third kappa shape index (κ3) is 6.06. The first-order valence-electron chi connectivity index (χ1n) is 10.4. The molecule has 2 N–H and O–H groups in total. The molecule has 0 amide bonds. The monoisotopic (exact) mass is 440 g/mol. The average molecular weight is 441 g/mol. The minimum atomic E-state index is 0. The van der Waals surface area contributed by atoms with Crippen molar-refractivity contribution in [1.29, 1.82) is 0 Å². The van der Waals surface area contributed by atoms with Crippen LogP contribution in [-0.2, 0) is 4.74 Å². The van der Waals surface area contributed by atoms with Crippen LogP contribution in [-0.4, -0.2) is 41.3 Å². The maximum atomic E-state index is 5.47. The van der Waals surface area contributed by atoms with Crippen LogP contribution in [0.15, 0.2) is 48.5 Å². The molecule has 2 aromatic carbocycles. The van der Waals surface area contributed by atoms with Gasteiger partial charge >= 0.3 is 0 Å². The molecular weight excluding hydrogens is 412 g/mol. The van der Waals surface area contributed by atoms with Gasteiger partial charge in [0.1, 0.15) is 0 Å². The van der Waals surface area contributed by atoms with E-state index in [1.807, 2.05) is 12.1 Å². The van der Waals surface area contributed by atoms with Gasteiger partial charge in [-0.1, -0.05) is 38.1 Å². The van der Waals surface area contributed by atoms with Crippen LogP contribution in [0, 0.1) is 6.92 Å². The summed E-state index contributed by atoms with van der Waals surface area (Å²) in [6.07, 6.45) is 0. The summed E-state index contributed by atoms with van der Waals surface area (Å²) in [5, 5.41) is 6.64. The number of morpholine rings is 1. The Morgan fingerprint density at radius 1 is 0.871 bits per heavy atom. The van der Waals surface area contributed by atoms with Gasteiger partial charge in [-0.3, -0.25) is 0 Å². The molecule has 0 aliphatic carbocycles. The Labute approximate surface area is 189 Å². The molecule has 0 spiro atoms. The van der Waals surface area contributed by atoms with Crippen LogP contribution >= 0.6 is 12.4 Å². The molecule has 0 radical (unpaired) electrons. The highest BCUT2D eigenvalue weighted by molar-refractivity contribution is 5.85. The Morgan fingerprint density at radius 2 is 1.52 bits per heavy atom. The molecule has 1 fully saturated rings. The number of ether oxygens (including phenoxy) is 1. The van der Waals surface area contributed by atoms with Gasteiger partial charge in [-0.05, 0) is 48.2 Å². The second-order valence-electron chi connectivity index (χ2n) is 7.78. The normalized spacial score (nSPS) is 13.6. The number of nitrogens with zero attached hydrogens (tertiary/aromatic N) is 4. The van der Waals surface area contributed by atoms with Crippen molar-refractivity contribution in [3.63, 3.8) is 0 Å². The fourth-order valence-corrected chi connectivity index (χ4v) is 3.31. The third-order valence-corrected chi connectivity index (χ3v) is 5.03. The molecule has 7 nitrogen and oxygen atoms in total. The standard InChI is InChI=1S/C23H28N6O.ClH/c1-16(2)18-7-9-19(10-8-18)24-21-26-22(25-20-6-4-5-17(3)15-20)28-23(27-21)29-11-13-30-14-12-29;/h4-10,15-16H,11-14H2,1-3H3,(H2,24,25,26,27,28);1H. The summed E-state index contributed by atoms with van der Waals surface area (Å²) in [5.74, 6) is 2.16. The van der Waals surface area contributed by atoms with Gasteiger partial charge in [0.05, 0.1) is 13.2 Å². The quantitative estimate of drug-likeness (QED) is 0.555. The van der Waals surface area contributed by atoms with Gasteiger partial charge in [0.15, 0.2) is 0 Å². The van der Waals surface area contributed by atoms with Crippen molar-refractivity contribution in [1.82, 2.24) is 15.0 Å². The summed E-state index contributed by atoms with van der Waals surface area (Å²) < 4.78 is 5.47. The minimum Gasteiger partial charge on any atom is -0.378 e. The van der Waals surface area contributed by atoms with Gasteiger partial charge in [-0.2, -0.15) is 15.0 Å². The second kappa shape index (κ2) is 10.4. The largest absolute Gasteiger partial charge is 0.378 e. The van der Waals surface area contributed by atoms with Crippen molar-refractivity contribution in [3.05, 3.63) is 59.7 Å². The lowest BCUT2D eigenvalue weighted by Crippen LogP contribution is -2.37. The van der Waals surface area contributed by atoms with E-state index in [1.54, 1.807) is 0 Å². The molecule has 0 unspecified atom stereocenters. The Balaban J connectivity index is 0.00000272. The molecule has 0 atom stereocenters. The Hall–Kier alpha value is -2.90. The zero-order valence-electron chi connectivity index (χ0n) is 18.1. The van der Waals surface area contributed by atoms with Gasteiger partial charge in [-0.15, -0.1) is 12.4 Å². The molecular formula is C23H29ClN6O. The van der Waals surface area contributed by atoms with E-state index in [-0.39, 0.29) is 12.4 Å². The second-order valence-corrected chi connectivity index (χ2v) is 7.78. The number of halogens is 1. The van der Waals surface area contributed by atoms with E-state index in [2.05, 4.69) is 87.7 Å².